The molecule has 3 saturated carbocycles. The predicted octanol–water partition coefficient (Wildman–Crippen LogP) is 4.24. The Bertz CT molecular complexity index is 1010. The lowest BCUT2D eigenvalue weighted by atomic mass is 9.51. The van der Waals surface area contributed by atoms with Crippen LogP contribution in [0.5, 0.6) is 0 Å². The van der Waals surface area contributed by atoms with Gasteiger partial charge in [0, 0.05) is 49.0 Å². The van der Waals surface area contributed by atoms with Crippen LogP contribution in [0.25, 0.3) is 11.3 Å². The Kier molecular flexibility index (Phi) is 4.60. The van der Waals surface area contributed by atoms with Gasteiger partial charge in [-0.1, -0.05) is 0 Å². The largest absolute Gasteiger partial charge is 0.419 e. The van der Waals surface area contributed by atoms with Crippen molar-refractivity contribution in [2.45, 2.75) is 62.7 Å². The van der Waals surface area contributed by atoms with Crippen LogP contribution < -0.4 is 5.73 Å². The molecule has 1 aliphatic heterocycles. The van der Waals surface area contributed by atoms with Crippen molar-refractivity contribution in [2.75, 3.05) is 32.0 Å². The molecular formula is C23H28F3N5O. The number of nitrogens with two attached hydrogens (primary N) is 1. The van der Waals surface area contributed by atoms with E-state index in [-0.39, 0.29) is 0 Å². The number of pyridine rings is 1. The summed E-state index contributed by atoms with van der Waals surface area (Å²) >= 11 is 0. The minimum Gasteiger partial charge on any atom is -0.383 e. The molecule has 4 fully saturated rings. The number of nitrogen functional groups attached to an aromatic ring is 1. The van der Waals surface area contributed by atoms with Gasteiger partial charge in [-0.25, -0.2) is 9.97 Å². The highest BCUT2D eigenvalue weighted by Gasteiger charge is 2.55. The highest BCUT2D eigenvalue weighted by atomic mass is 19.4. The molecular weight excluding hydrogens is 419 g/mol. The molecule has 0 aromatic carbocycles. The van der Waals surface area contributed by atoms with Gasteiger partial charge in [0.15, 0.2) is 0 Å². The van der Waals surface area contributed by atoms with Crippen molar-refractivity contribution in [3.63, 3.8) is 0 Å². The quantitative estimate of drug-likeness (QED) is 0.759. The summed E-state index contributed by atoms with van der Waals surface area (Å²) in [5.41, 5.74) is 5.94. The molecule has 0 radical (unpaired) electrons. The first-order valence-corrected chi connectivity index (χ1v) is 11.5. The Morgan fingerprint density at radius 1 is 1.06 bits per heavy atom. The number of anilines is 1. The van der Waals surface area contributed by atoms with Gasteiger partial charge in [0.2, 0.25) is 0 Å². The molecule has 6 rings (SSSR count). The summed E-state index contributed by atoms with van der Waals surface area (Å²) in [5.74, 6) is 0.949. The molecule has 2 aromatic heterocycles. The molecule has 4 aliphatic rings. The molecule has 3 heterocycles. The maximum absolute atomic E-state index is 13.3. The summed E-state index contributed by atoms with van der Waals surface area (Å²) in [7, 11) is 0. The van der Waals surface area contributed by atoms with Crippen LogP contribution in [0.4, 0.5) is 19.0 Å². The van der Waals surface area contributed by atoms with Gasteiger partial charge < -0.3 is 15.0 Å². The van der Waals surface area contributed by atoms with E-state index in [4.69, 9.17) is 15.5 Å². The van der Waals surface area contributed by atoms with Gasteiger partial charge in [-0.15, -0.1) is 0 Å². The van der Waals surface area contributed by atoms with E-state index in [0.29, 0.717) is 34.7 Å². The van der Waals surface area contributed by atoms with Crippen molar-refractivity contribution in [3.05, 3.63) is 29.8 Å². The molecule has 9 heteroatoms. The fraction of sp³-hybridized carbons (Fsp3) is 0.652. The van der Waals surface area contributed by atoms with Gasteiger partial charge in [0.05, 0.1) is 24.5 Å². The average molecular weight is 448 g/mol. The molecule has 32 heavy (non-hydrogen) atoms. The van der Waals surface area contributed by atoms with Crippen LogP contribution in [-0.2, 0) is 10.9 Å². The monoisotopic (exact) mass is 447 g/mol. The molecule has 1 spiro atoms. The van der Waals surface area contributed by atoms with Gasteiger partial charge in [-0.2, -0.15) is 13.2 Å². The number of morpholine rings is 1. The number of imidazole rings is 1. The molecule has 2 N–H and O–H groups in total. The third-order valence-electron chi connectivity index (χ3n) is 7.85. The van der Waals surface area contributed by atoms with Crippen LogP contribution >= 0.6 is 0 Å². The number of hydrogen-bond acceptors (Lipinski definition) is 5. The summed E-state index contributed by atoms with van der Waals surface area (Å²) in [6.07, 6.45) is 5.78. The van der Waals surface area contributed by atoms with Crippen LogP contribution in [0.15, 0.2) is 18.5 Å². The van der Waals surface area contributed by atoms with E-state index in [9.17, 15) is 13.2 Å². The molecule has 0 unspecified atom stereocenters. The van der Waals surface area contributed by atoms with E-state index in [1.165, 1.54) is 19.0 Å². The minimum atomic E-state index is -4.53. The minimum absolute atomic E-state index is 0.372. The van der Waals surface area contributed by atoms with E-state index in [1.807, 2.05) is 6.20 Å². The zero-order valence-corrected chi connectivity index (χ0v) is 17.9. The molecule has 172 valence electrons. The predicted molar refractivity (Wildman–Crippen MR) is 113 cm³/mol. The van der Waals surface area contributed by atoms with Crippen LogP contribution in [0.2, 0.25) is 0 Å². The van der Waals surface area contributed by atoms with Crippen LogP contribution in [-0.4, -0.2) is 51.8 Å². The molecule has 0 bridgehead atoms. The Hall–Kier alpha value is -2.13. The van der Waals surface area contributed by atoms with Gasteiger partial charge in [-0.3, -0.25) is 4.90 Å². The van der Waals surface area contributed by atoms with Crippen LogP contribution in [0, 0.1) is 5.41 Å². The van der Waals surface area contributed by atoms with Crippen molar-refractivity contribution in [1.29, 1.82) is 0 Å². The van der Waals surface area contributed by atoms with Crippen molar-refractivity contribution in [1.82, 2.24) is 19.4 Å². The molecule has 6 nitrogen and oxygen atoms in total. The summed E-state index contributed by atoms with van der Waals surface area (Å²) < 4.78 is 47.6. The first-order chi connectivity index (χ1) is 15.3. The van der Waals surface area contributed by atoms with Crippen molar-refractivity contribution >= 4 is 5.82 Å². The summed E-state index contributed by atoms with van der Waals surface area (Å²) in [4.78, 5) is 11.1. The average Bonchev–Trinajstić information content (AvgIpc) is 3.46. The van der Waals surface area contributed by atoms with Gasteiger partial charge >= 0.3 is 6.18 Å². The topological polar surface area (TPSA) is 69.2 Å². The Labute approximate surface area is 185 Å². The first-order valence-electron chi connectivity index (χ1n) is 11.5. The van der Waals surface area contributed by atoms with Crippen molar-refractivity contribution < 1.29 is 17.9 Å². The van der Waals surface area contributed by atoms with E-state index < -0.39 is 17.6 Å². The number of aromatic nitrogens is 3. The lowest BCUT2D eigenvalue weighted by Crippen LogP contribution is -2.58. The Morgan fingerprint density at radius 3 is 2.41 bits per heavy atom. The van der Waals surface area contributed by atoms with Crippen molar-refractivity contribution in [3.8, 4) is 11.3 Å². The van der Waals surface area contributed by atoms with Gasteiger partial charge in [0.1, 0.15) is 11.6 Å². The Balaban J connectivity index is 1.19. The number of alkyl halides is 3. The molecule has 0 atom stereocenters. The zero-order valence-electron chi connectivity index (χ0n) is 17.9. The smallest absolute Gasteiger partial charge is 0.383 e. The fourth-order valence-corrected chi connectivity index (χ4v) is 5.94. The fourth-order valence-electron chi connectivity index (χ4n) is 5.94. The van der Waals surface area contributed by atoms with E-state index in [0.717, 1.165) is 63.9 Å². The molecule has 0 amide bonds. The van der Waals surface area contributed by atoms with Gasteiger partial charge in [-0.05, 0) is 50.0 Å². The maximum Gasteiger partial charge on any atom is 0.419 e. The van der Waals surface area contributed by atoms with Gasteiger partial charge in [0.25, 0.3) is 0 Å². The zero-order chi connectivity index (χ0) is 22.1. The highest BCUT2D eigenvalue weighted by molar-refractivity contribution is 5.62. The van der Waals surface area contributed by atoms with E-state index >= 15 is 0 Å². The van der Waals surface area contributed by atoms with Crippen molar-refractivity contribution in [2.24, 2.45) is 5.41 Å². The number of hydrogen-bond donors (Lipinski definition) is 1. The standard InChI is InChI=1S/C23H28F3N5O/c24-23(25,26)18-7-15(12-28-20(18)27)19-13-31(21(29-19)14-1-2-14)17-10-22(11-17)8-16(9-22)30-3-5-32-6-4-30/h7,12-14,16-17H,1-6,8-11H2,(H2,27,28). The van der Waals surface area contributed by atoms with Crippen LogP contribution in [0.3, 0.4) is 0 Å². The molecule has 3 aliphatic carbocycles. The Morgan fingerprint density at radius 2 is 1.75 bits per heavy atom. The normalized spacial score (nSPS) is 30.8. The maximum atomic E-state index is 13.3. The van der Waals surface area contributed by atoms with E-state index in [2.05, 4.69) is 14.5 Å². The van der Waals surface area contributed by atoms with E-state index in [1.54, 1.807) is 0 Å². The number of halogens is 3. The summed E-state index contributed by atoms with van der Waals surface area (Å²) in [6.45, 7) is 3.75. The third kappa shape index (κ3) is 3.50. The number of ether oxygens (including phenoxy) is 1. The summed E-state index contributed by atoms with van der Waals surface area (Å²) in [5, 5.41) is 0. The second kappa shape index (κ2) is 7.18. The summed E-state index contributed by atoms with van der Waals surface area (Å²) in [6, 6.07) is 2.15. The second-order valence-corrected chi connectivity index (χ2v) is 10.1. The first kappa shape index (κ1) is 20.5. The number of nitrogens with zero attached hydrogens (tertiary/aromatic N) is 4. The SMILES string of the molecule is Nc1ncc(-c2cn(C3CC4(CC(N5CCOCC5)C4)C3)c(C3CC3)n2)cc1C(F)(F)F. The highest BCUT2D eigenvalue weighted by Crippen LogP contribution is 2.62. The number of rotatable bonds is 4. The second-order valence-electron chi connectivity index (χ2n) is 10.1. The lowest BCUT2D eigenvalue weighted by molar-refractivity contribution is -0.137. The van der Waals surface area contributed by atoms with Crippen LogP contribution in [0.1, 0.15) is 61.9 Å². The third-order valence-corrected chi connectivity index (χ3v) is 7.85. The molecule has 2 aromatic rings. The lowest BCUT2D eigenvalue weighted by Gasteiger charge is -2.60. The molecule has 1 saturated heterocycles.